The number of hydrogen-bond donors (Lipinski definition) is 1. The molecule has 0 saturated heterocycles. The van der Waals surface area contributed by atoms with Gasteiger partial charge in [0.05, 0.1) is 17.0 Å². The lowest BCUT2D eigenvalue weighted by molar-refractivity contribution is 0.102. The van der Waals surface area contributed by atoms with E-state index < -0.39 is 0 Å². The molecule has 4 rings (SSSR count). The van der Waals surface area contributed by atoms with Crippen molar-refractivity contribution >= 4 is 34.1 Å². The Hall–Kier alpha value is -2.97. The molecule has 0 atom stereocenters. The van der Waals surface area contributed by atoms with Crippen LogP contribution in [0.15, 0.2) is 57.9 Å². The van der Waals surface area contributed by atoms with Gasteiger partial charge in [-0.25, -0.2) is 4.98 Å². The number of nitrogens with zero attached hydrogens (tertiary/aromatic N) is 3. The van der Waals surface area contributed by atoms with E-state index in [0.717, 1.165) is 21.0 Å². The molecule has 0 spiro atoms. The maximum absolute atomic E-state index is 12.9. The van der Waals surface area contributed by atoms with Crippen LogP contribution in [-0.2, 0) is 5.75 Å². The molecule has 8 heteroatoms. The minimum Gasteiger partial charge on any atom is -0.338 e. The van der Waals surface area contributed by atoms with Crippen LogP contribution in [0.3, 0.4) is 0 Å². The highest BCUT2D eigenvalue weighted by atomic mass is 32.2. The molecule has 0 aliphatic carbocycles. The molecular formula is C22H20N4O2S2. The van der Waals surface area contributed by atoms with Crippen LogP contribution in [0.1, 0.15) is 32.5 Å². The van der Waals surface area contributed by atoms with Crippen LogP contribution in [0.25, 0.3) is 11.3 Å². The highest BCUT2D eigenvalue weighted by Crippen LogP contribution is 2.32. The Balaban J connectivity index is 1.50. The Labute approximate surface area is 182 Å². The summed E-state index contributed by atoms with van der Waals surface area (Å²) >= 11 is 2.96. The number of carbonyl (C=O) groups is 1. The van der Waals surface area contributed by atoms with Gasteiger partial charge in [0.25, 0.3) is 5.91 Å². The van der Waals surface area contributed by atoms with Crippen molar-refractivity contribution in [1.29, 1.82) is 0 Å². The Morgan fingerprint density at radius 3 is 2.57 bits per heavy atom. The van der Waals surface area contributed by atoms with Crippen molar-refractivity contribution in [2.24, 2.45) is 0 Å². The molecule has 2 aromatic carbocycles. The lowest BCUT2D eigenvalue weighted by Gasteiger charge is -2.07. The summed E-state index contributed by atoms with van der Waals surface area (Å²) in [5, 5.41) is 7.33. The molecule has 1 amide bonds. The Morgan fingerprint density at radius 1 is 1.07 bits per heavy atom. The van der Waals surface area contributed by atoms with Crippen LogP contribution in [0.2, 0.25) is 0 Å². The molecule has 6 nitrogen and oxygen atoms in total. The average molecular weight is 437 g/mol. The zero-order valence-electron chi connectivity index (χ0n) is 16.8. The second kappa shape index (κ2) is 8.81. The summed E-state index contributed by atoms with van der Waals surface area (Å²) in [6.45, 7) is 5.84. The summed E-state index contributed by atoms with van der Waals surface area (Å²) in [6, 6.07) is 15.7. The lowest BCUT2D eigenvalue weighted by Crippen LogP contribution is -2.12. The van der Waals surface area contributed by atoms with Crippen molar-refractivity contribution in [3.8, 4) is 11.3 Å². The van der Waals surface area contributed by atoms with Crippen LogP contribution in [0.4, 0.5) is 5.13 Å². The molecule has 0 unspecified atom stereocenters. The first-order valence-corrected chi connectivity index (χ1v) is 11.2. The van der Waals surface area contributed by atoms with Crippen LogP contribution in [0, 0.1) is 20.8 Å². The maximum Gasteiger partial charge on any atom is 0.258 e. The van der Waals surface area contributed by atoms with Gasteiger partial charge in [-0.15, -0.1) is 23.1 Å². The van der Waals surface area contributed by atoms with Crippen LogP contribution >= 0.6 is 23.1 Å². The van der Waals surface area contributed by atoms with E-state index in [4.69, 9.17) is 4.52 Å². The lowest BCUT2D eigenvalue weighted by atomic mass is 10.1. The molecule has 2 aromatic heterocycles. The van der Waals surface area contributed by atoms with E-state index in [1.807, 2.05) is 37.3 Å². The molecular weight excluding hydrogens is 416 g/mol. The SMILES string of the molecule is Cc1ccc(-c2nc(NC(=O)c3ccccc3SCc3nc(C)no3)sc2C)cc1. The number of carbonyl (C=O) groups excluding carboxylic acids is 1. The topological polar surface area (TPSA) is 80.9 Å². The van der Waals surface area contributed by atoms with E-state index in [9.17, 15) is 4.79 Å². The van der Waals surface area contributed by atoms with E-state index in [1.54, 1.807) is 13.0 Å². The van der Waals surface area contributed by atoms with Gasteiger partial charge in [-0.3, -0.25) is 10.1 Å². The fourth-order valence-corrected chi connectivity index (χ4v) is 4.63. The third-order valence-electron chi connectivity index (χ3n) is 4.39. The third-order valence-corrected chi connectivity index (χ3v) is 6.34. The summed E-state index contributed by atoms with van der Waals surface area (Å²) in [7, 11) is 0. The zero-order valence-corrected chi connectivity index (χ0v) is 18.4. The smallest absolute Gasteiger partial charge is 0.258 e. The van der Waals surface area contributed by atoms with E-state index in [2.05, 4.69) is 39.5 Å². The first kappa shape index (κ1) is 20.3. The van der Waals surface area contributed by atoms with Crippen molar-refractivity contribution in [2.75, 3.05) is 5.32 Å². The number of nitrogens with one attached hydrogen (secondary N) is 1. The normalized spacial score (nSPS) is 10.9. The molecule has 30 heavy (non-hydrogen) atoms. The van der Waals surface area contributed by atoms with Crippen molar-refractivity contribution in [3.63, 3.8) is 0 Å². The van der Waals surface area contributed by atoms with E-state index in [-0.39, 0.29) is 5.91 Å². The van der Waals surface area contributed by atoms with E-state index >= 15 is 0 Å². The number of aromatic nitrogens is 3. The van der Waals surface area contributed by atoms with Crippen molar-refractivity contribution < 1.29 is 9.32 Å². The quantitative estimate of drug-likeness (QED) is 0.393. The van der Waals surface area contributed by atoms with Crippen LogP contribution in [-0.4, -0.2) is 21.0 Å². The zero-order chi connectivity index (χ0) is 21.1. The van der Waals surface area contributed by atoms with Crippen molar-refractivity contribution in [1.82, 2.24) is 15.1 Å². The number of rotatable bonds is 6. The fourth-order valence-electron chi connectivity index (χ4n) is 2.91. The predicted molar refractivity (Wildman–Crippen MR) is 120 cm³/mol. The average Bonchev–Trinajstić information content (AvgIpc) is 3.32. The number of hydrogen-bond acceptors (Lipinski definition) is 7. The third kappa shape index (κ3) is 4.60. The van der Waals surface area contributed by atoms with Gasteiger partial charge < -0.3 is 4.52 Å². The molecule has 0 fully saturated rings. The summed E-state index contributed by atoms with van der Waals surface area (Å²) < 4.78 is 5.16. The van der Waals surface area contributed by atoms with Gasteiger partial charge in [-0.2, -0.15) is 4.98 Å². The maximum atomic E-state index is 12.9. The van der Waals surface area contributed by atoms with Gasteiger partial charge in [0.1, 0.15) is 0 Å². The van der Waals surface area contributed by atoms with Gasteiger partial charge in [0.2, 0.25) is 5.89 Å². The molecule has 1 N–H and O–H groups in total. The molecule has 152 valence electrons. The Morgan fingerprint density at radius 2 is 1.83 bits per heavy atom. The molecule has 0 bridgehead atoms. The fraction of sp³-hybridized carbons (Fsp3) is 0.182. The number of thiazole rings is 1. The van der Waals surface area contributed by atoms with E-state index in [0.29, 0.717) is 28.2 Å². The highest BCUT2D eigenvalue weighted by molar-refractivity contribution is 7.98. The molecule has 0 saturated carbocycles. The summed E-state index contributed by atoms with van der Waals surface area (Å²) in [5.74, 6) is 1.44. The van der Waals surface area contributed by atoms with Gasteiger partial charge in [0.15, 0.2) is 11.0 Å². The molecule has 0 aliphatic rings. The highest BCUT2D eigenvalue weighted by Gasteiger charge is 2.16. The molecule has 2 heterocycles. The number of thioether (sulfide) groups is 1. The summed E-state index contributed by atoms with van der Waals surface area (Å²) in [5.41, 5.74) is 3.72. The first-order valence-electron chi connectivity index (χ1n) is 9.36. The number of aryl methyl sites for hydroxylation is 3. The Bertz CT molecular complexity index is 1180. The van der Waals surface area contributed by atoms with Crippen LogP contribution < -0.4 is 5.32 Å². The molecule has 0 radical (unpaired) electrons. The summed E-state index contributed by atoms with van der Waals surface area (Å²) in [4.78, 5) is 23.7. The van der Waals surface area contributed by atoms with E-state index in [1.165, 1.54) is 28.7 Å². The summed E-state index contributed by atoms with van der Waals surface area (Å²) in [6.07, 6.45) is 0. The van der Waals surface area contributed by atoms with Gasteiger partial charge >= 0.3 is 0 Å². The number of amides is 1. The van der Waals surface area contributed by atoms with Gasteiger partial charge in [0, 0.05) is 15.3 Å². The van der Waals surface area contributed by atoms with Gasteiger partial charge in [-0.1, -0.05) is 47.1 Å². The second-order valence-corrected chi connectivity index (χ2v) is 8.98. The molecule has 4 aromatic rings. The standard InChI is InChI=1S/C22H20N4O2S2/c1-13-8-10-16(11-9-13)20-14(2)30-22(24-20)25-21(27)17-6-4-5-7-18(17)29-12-19-23-15(3)26-28-19/h4-11H,12H2,1-3H3,(H,24,25,27). The predicted octanol–water partition coefficient (Wildman–Crippen LogP) is 5.66. The minimum absolute atomic E-state index is 0.191. The Kier molecular flexibility index (Phi) is 5.96. The number of benzene rings is 2. The van der Waals surface area contributed by atoms with Crippen molar-refractivity contribution in [3.05, 3.63) is 76.3 Å². The van der Waals surface area contributed by atoms with Crippen molar-refractivity contribution in [2.45, 2.75) is 31.4 Å². The van der Waals surface area contributed by atoms with Gasteiger partial charge in [-0.05, 0) is 32.9 Å². The first-order chi connectivity index (χ1) is 14.5. The largest absolute Gasteiger partial charge is 0.338 e. The molecule has 0 aliphatic heterocycles. The second-order valence-electron chi connectivity index (χ2n) is 6.76. The minimum atomic E-state index is -0.191. The monoisotopic (exact) mass is 436 g/mol. The van der Waals surface area contributed by atoms with Crippen LogP contribution in [0.5, 0.6) is 0 Å². The number of anilines is 1.